The van der Waals surface area contributed by atoms with Crippen molar-refractivity contribution in [3.05, 3.63) is 24.3 Å². The third kappa shape index (κ3) is 3.18. The van der Waals surface area contributed by atoms with E-state index in [-0.39, 0.29) is 5.41 Å². The number of hydrogen-bond acceptors (Lipinski definition) is 3. The largest absolute Gasteiger partial charge is 0.494 e. The van der Waals surface area contributed by atoms with Crippen molar-refractivity contribution in [3.8, 4) is 11.5 Å². The lowest BCUT2D eigenvalue weighted by atomic mass is 9.58. The van der Waals surface area contributed by atoms with Gasteiger partial charge in [-0.3, -0.25) is 0 Å². The molecule has 2 unspecified atom stereocenters. The maximum Gasteiger partial charge on any atom is 0.123 e. The van der Waals surface area contributed by atoms with Gasteiger partial charge in [-0.05, 0) is 38.4 Å². The molecule has 1 aromatic rings. The zero-order chi connectivity index (χ0) is 15.3. The van der Waals surface area contributed by atoms with E-state index in [1.807, 2.05) is 31.2 Å². The van der Waals surface area contributed by atoms with Gasteiger partial charge in [-0.2, -0.15) is 0 Å². The Hall–Kier alpha value is -1.22. The summed E-state index contributed by atoms with van der Waals surface area (Å²) in [5.41, 5.74) is 0.262. The molecule has 21 heavy (non-hydrogen) atoms. The fraction of sp³-hybridized carbons (Fsp3) is 0.667. The summed E-state index contributed by atoms with van der Waals surface area (Å²) in [4.78, 5) is 0. The highest BCUT2D eigenvalue weighted by Crippen LogP contribution is 2.49. The van der Waals surface area contributed by atoms with Gasteiger partial charge in [0.05, 0.1) is 6.61 Å². The van der Waals surface area contributed by atoms with Gasteiger partial charge in [-0.15, -0.1) is 0 Å². The summed E-state index contributed by atoms with van der Waals surface area (Å²) in [6.45, 7) is 10.4. The van der Waals surface area contributed by atoms with Gasteiger partial charge in [0, 0.05) is 23.9 Å². The molecule has 1 fully saturated rings. The molecule has 3 heteroatoms. The predicted octanol–water partition coefficient (Wildman–Crippen LogP) is 4.02. The number of nitrogens with one attached hydrogen (secondary N) is 1. The zero-order valence-electron chi connectivity index (χ0n) is 13.8. The van der Waals surface area contributed by atoms with Crippen molar-refractivity contribution in [1.82, 2.24) is 5.32 Å². The molecule has 0 spiro atoms. The summed E-state index contributed by atoms with van der Waals surface area (Å²) in [7, 11) is 0. The van der Waals surface area contributed by atoms with Crippen molar-refractivity contribution >= 4 is 0 Å². The quantitative estimate of drug-likeness (QED) is 0.784. The van der Waals surface area contributed by atoms with Crippen LogP contribution in [0.5, 0.6) is 11.5 Å². The summed E-state index contributed by atoms with van der Waals surface area (Å²) < 4.78 is 11.8. The van der Waals surface area contributed by atoms with Crippen LogP contribution in [0.4, 0.5) is 0 Å². The van der Waals surface area contributed by atoms with Gasteiger partial charge in [0.15, 0.2) is 0 Å². The number of hydrogen-bond donors (Lipinski definition) is 1. The van der Waals surface area contributed by atoms with Crippen molar-refractivity contribution in [3.63, 3.8) is 0 Å². The minimum absolute atomic E-state index is 0.262. The fourth-order valence-electron chi connectivity index (χ4n) is 3.61. The van der Waals surface area contributed by atoms with E-state index in [9.17, 15) is 0 Å². The normalized spacial score (nSPS) is 23.4. The molecular formula is C18H29NO2. The van der Waals surface area contributed by atoms with Gasteiger partial charge < -0.3 is 14.8 Å². The Morgan fingerprint density at radius 2 is 1.86 bits per heavy atom. The first-order chi connectivity index (χ1) is 10.2. The average molecular weight is 291 g/mol. The lowest BCUT2D eigenvalue weighted by Gasteiger charge is -2.55. The van der Waals surface area contributed by atoms with Crippen molar-refractivity contribution < 1.29 is 9.47 Å². The maximum atomic E-state index is 6.29. The fourth-order valence-corrected chi connectivity index (χ4v) is 3.61. The molecule has 118 valence electrons. The van der Waals surface area contributed by atoms with E-state index in [1.165, 1.54) is 0 Å². The Kier molecular flexibility index (Phi) is 5.51. The van der Waals surface area contributed by atoms with Crippen LogP contribution in [0.25, 0.3) is 0 Å². The van der Waals surface area contributed by atoms with Crippen molar-refractivity contribution in [2.24, 2.45) is 5.41 Å². The molecule has 0 saturated heterocycles. The average Bonchev–Trinajstić information content (AvgIpc) is 2.48. The summed E-state index contributed by atoms with van der Waals surface area (Å²) >= 11 is 0. The molecule has 0 aliphatic heterocycles. The second kappa shape index (κ2) is 7.17. The second-order valence-electron chi connectivity index (χ2n) is 5.80. The van der Waals surface area contributed by atoms with Gasteiger partial charge in [0.25, 0.3) is 0 Å². The minimum Gasteiger partial charge on any atom is -0.494 e. The first-order valence-corrected chi connectivity index (χ1v) is 8.33. The van der Waals surface area contributed by atoms with Crippen molar-refractivity contribution in [2.75, 3.05) is 13.2 Å². The Morgan fingerprint density at radius 3 is 2.48 bits per heavy atom. The highest BCUT2D eigenvalue weighted by atomic mass is 16.5. The number of ether oxygens (including phenoxy) is 2. The highest BCUT2D eigenvalue weighted by Gasteiger charge is 2.53. The summed E-state index contributed by atoms with van der Waals surface area (Å²) in [5.74, 6) is 1.81. The molecule has 0 amide bonds. The van der Waals surface area contributed by atoms with Crippen LogP contribution < -0.4 is 14.8 Å². The SMILES string of the molecule is CCNC1CC(Oc2cccc(OCC)c2)C1(CC)CC. The molecule has 0 bridgehead atoms. The Bertz CT molecular complexity index is 443. The first-order valence-electron chi connectivity index (χ1n) is 8.33. The molecule has 0 aromatic heterocycles. The van der Waals surface area contributed by atoms with E-state index in [0.717, 1.165) is 37.3 Å². The van der Waals surface area contributed by atoms with Gasteiger partial charge >= 0.3 is 0 Å². The number of rotatable bonds is 8. The van der Waals surface area contributed by atoms with E-state index in [0.29, 0.717) is 18.8 Å². The van der Waals surface area contributed by atoms with Crippen molar-refractivity contribution in [2.45, 2.75) is 59.1 Å². The molecule has 3 nitrogen and oxygen atoms in total. The molecule has 1 N–H and O–H groups in total. The molecule has 1 aliphatic rings. The van der Waals surface area contributed by atoms with Gasteiger partial charge in [-0.1, -0.05) is 26.8 Å². The third-order valence-electron chi connectivity index (χ3n) is 4.95. The molecule has 1 aromatic carbocycles. The molecule has 1 saturated carbocycles. The minimum atomic E-state index is 0.262. The lowest BCUT2D eigenvalue weighted by molar-refractivity contribution is -0.0854. The van der Waals surface area contributed by atoms with Crippen LogP contribution in [-0.4, -0.2) is 25.3 Å². The van der Waals surface area contributed by atoms with Crippen LogP contribution >= 0.6 is 0 Å². The van der Waals surface area contributed by atoms with Gasteiger partial charge in [-0.25, -0.2) is 0 Å². The summed E-state index contributed by atoms with van der Waals surface area (Å²) in [6, 6.07) is 8.59. The van der Waals surface area contributed by atoms with Crippen LogP contribution in [0.15, 0.2) is 24.3 Å². The van der Waals surface area contributed by atoms with E-state index >= 15 is 0 Å². The molecule has 2 rings (SSSR count). The third-order valence-corrected chi connectivity index (χ3v) is 4.95. The maximum absolute atomic E-state index is 6.29. The zero-order valence-corrected chi connectivity index (χ0v) is 13.8. The van der Waals surface area contributed by atoms with Crippen molar-refractivity contribution in [1.29, 1.82) is 0 Å². The van der Waals surface area contributed by atoms with Gasteiger partial charge in [0.2, 0.25) is 0 Å². The second-order valence-corrected chi connectivity index (χ2v) is 5.80. The summed E-state index contributed by atoms with van der Waals surface area (Å²) in [6.07, 6.45) is 3.69. The van der Waals surface area contributed by atoms with E-state index in [4.69, 9.17) is 9.47 Å². The molecular weight excluding hydrogens is 262 g/mol. The summed E-state index contributed by atoms with van der Waals surface area (Å²) in [5, 5.41) is 3.62. The molecule has 0 radical (unpaired) electrons. The molecule has 0 heterocycles. The van der Waals surface area contributed by atoms with Crippen LogP contribution in [0, 0.1) is 5.41 Å². The Labute approximate surface area is 129 Å². The van der Waals surface area contributed by atoms with Crippen LogP contribution in [0.3, 0.4) is 0 Å². The topological polar surface area (TPSA) is 30.5 Å². The van der Waals surface area contributed by atoms with Gasteiger partial charge in [0.1, 0.15) is 17.6 Å². The lowest BCUT2D eigenvalue weighted by Crippen LogP contribution is -2.64. The highest BCUT2D eigenvalue weighted by molar-refractivity contribution is 5.33. The standard InChI is InChI=1S/C18H29NO2/c1-5-18(6-2)16(19-7-3)13-17(18)21-15-11-9-10-14(12-15)20-8-4/h9-12,16-17,19H,5-8,13H2,1-4H3. The van der Waals surface area contributed by atoms with E-state index in [1.54, 1.807) is 0 Å². The van der Waals surface area contributed by atoms with E-state index < -0.39 is 0 Å². The van der Waals surface area contributed by atoms with Crippen LogP contribution in [-0.2, 0) is 0 Å². The predicted molar refractivity (Wildman–Crippen MR) is 87.1 cm³/mol. The first kappa shape index (κ1) is 16.2. The number of benzene rings is 1. The van der Waals surface area contributed by atoms with Crippen LogP contribution in [0.2, 0.25) is 0 Å². The molecule has 2 atom stereocenters. The Morgan fingerprint density at radius 1 is 1.14 bits per heavy atom. The smallest absolute Gasteiger partial charge is 0.123 e. The molecule has 1 aliphatic carbocycles. The Balaban J connectivity index is 2.07. The van der Waals surface area contributed by atoms with E-state index in [2.05, 4.69) is 26.1 Å². The monoisotopic (exact) mass is 291 g/mol. The van der Waals surface area contributed by atoms with Crippen LogP contribution in [0.1, 0.15) is 47.0 Å².